The van der Waals surface area contributed by atoms with Crippen molar-refractivity contribution in [3.05, 3.63) is 11.4 Å². The van der Waals surface area contributed by atoms with Crippen LogP contribution in [0.2, 0.25) is 0 Å². The molecular weight excluding hydrogens is 274 g/mol. The van der Waals surface area contributed by atoms with Gasteiger partial charge in [-0.3, -0.25) is 24.0 Å². The van der Waals surface area contributed by atoms with E-state index in [1.165, 1.54) is 11.7 Å². The highest BCUT2D eigenvalue weighted by atomic mass is 16.2. The van der Waals surface area contributed by atoms with E-state index in [-0.39, 0.29) is 18.0 Å². The molecule has 1 atom stereocenters. The molecule has 1 saturated heterocycles. The second-order valence-electron chi connectivity index (χ2n) is 5.04. The summed E-state index contributed by atoms with van der Waals surface area (Å²) in [6.07, 6.45) is 1.15. The number of anilines is 1. The number of carbonyl (C=O) groups is 3. The molecule has 0 aliphatic carbocycles. The third-order valence-corrected chi connectivity index (χ3v) is 3.67. The number of amides is 3. The first-order valence-electron chi connectivity index (χ1n) is 6.79. The van der Waals surface area contributed by atoms with E-state index in [0.717, 1.165) is 4.90 Å². The van der Waals surface area contributed by atoms with Gasteiger partial charge < -0.3 is 11.1 Å². The lowest BCUT2D eigenvalue weighted by atomic mass is 10.0. The third kappa shape index (κ3) is 2.61. The van der Waals surface area contributed by atoms with Crippen LogP contribution in [0.25, 0.3) is 0 Å². The summed E-state index contributed by atoms with van der Waals surface area (Å²) in [5, 5.41) is 6.80. The molecule has 2 rings (SSSR count). The lowest BCUT2D eigenvalue weighted by Gasteiger charge is -2.28. The van der Waals surface area contributed by atoms with Crippen molar-refractivity contribution in [2.24, 2.45) is 7.05 Å². The van der Waals surface area contributed by atoms with Gasteiger partial charge in [0, 0.05) is 20.5 Å². The first kappa shape index (κ1) is 15.0. The van der Waals surface area contributed by atoms with E-state index in [4.69, 9.17) is 5.73 Å². The largest absolute Gasteiger partial charge is 0.395 e. The highest BCUT2D eigenvalue weighted by Gasteiger charge is 2.33. The van der Waals surface area contributed by atoms with E-state index in [9.17, 15) is 14.4 Å². The van der Waals surface area contributed by atoms with E-state index in [2.05, 4.69) is 10.4 Å². The number of hydrogen-bond donors (Lipinski definition) is 2. The standard InChI is InChI=1S/C13H19N5O3/c1-4-7-10(14)11(18(3)16-7)12(20)15-8-5-6-9(19)17(2)13(8)21/h8H,4-6,14H2,1-3H3,(H,15,20). The predicted octanol–water partition coefficient (Wildman–Crippen LogP) is -0.558. The molecule has 21 heavy (non-hydrogen) atoms. The minimum atomic E-state index is -0.709. The Kier molecular flexibility index (Phi) is 3.97. The molecule has 0 saturated carbocycles. The smallest absolute Gasteiger partial charge is 0.272 e. The lowest BCUT2D eigenvalue weighted by Crippen LogP contribution is -2.53. The number of aryl methyl sites for hydroxylation is 2. The Hall–Kier alpha value is -2.38. The lowest BCUT2D eigenvalue weighted by molar-refractivity contribution is -0.147. The van der Waals surface area contributed by atoms with Gasteiger partial charge in [-0.2, -0.15) is 5.10 Å². The number of nitrogens with zero attached hydrogens (tertiary/aromatic N) is 3. The quantitative estimate of drug-likeness (QED) is 0.726. The molecule has 1 aliphatic rings. The van der Waals surface area contributed by atoms with Crippen LogP contribution in [-0.2, 0) is 23.1 Å². The molecule has 3 N–H and O–H groups in total. The number of nitrogens with two attached hydrogens (primary N) is 1. The topological polar surface area (TPSA) is 110 Å². The van der Waals surface area contributed by atoms with Gasteiger partial charge >= 0.3 is 0 Å². The van der Waals surface area contributed by atoms with Crippen LogP contribution in [0.5, 0.6) is 0 Å². The maximum atomic E-state index is 12.3. The Morgan fingerprint density at radius 1 is 1.43 bits per heavy atom. The SMILES string of the molecule is CCc1nn(C)c(C(=O)NC2CCC(=O)N(C)C2=O)c1N. The number of imide groups is 1. The molecule has 1 unspecified atom stereocenters. The fourth-order valence-corrected chi connectivity index (χ4v) is 2.40. The third-order valence-electron chi connectivity index (χ3n) is 3.67. The maximum Gasteiger partial charge on any atom is 0.272 e. The van der Waals surface area contributed by atoms with E-state index < -0.39 is 17.9 Å². The number of likely N-dealkylation sites (tertiary alicyclic amines) is 1. The van der Waals surface area contributed by atoms with Gasteiger partial charge in [-0.1, -0.05) is 6.92 Å². The van der Waals surface area contributed by atoms with E-state index in [0.29, 0.717) is 24.2 Å². The summed E-state index contributed by atoms with van der Waals surface area (Å²) >= 11 is 0. The van der Waals surface area contributed by atoms with Crippen LogP contribution in [0.1, 0.15) is 35.9 Å². The molecule has 0 aromatic carbocycles. The second kappa shape index (κ2) is 5.55. The number of nitrogens with one attached hydrogen (secondary N) is 1. The van der Waals surface area contributed by atoms with Gasteiger partial charge in [0.15, 0.2) is 0 Å². The molecular formula is C13H19N5O3. The van der Waals surface area contributed by atoms with Gasteiger partial charge in [0.25, 0.3) is 11.8 Å². The fraction of sp³-hybridized carbons (Fsp3) is 0.538. The molecule has 0 radical (unpaired) electrons. The average Bonchev–Trinajstić information content (AvgIpc) is 2.74. The summed E-state index contributed by atoms with van der Waals surface area (Å²) in [6.45, 7) is 1.89. The maximum absolute atomic E-state index is 12.3. The highest BCUT2D eigenvalue weighted by Crippen LogP contribution is 2.18. The zero-order valence-electron chi connectivity index (χ0n) is 12.3. The summed E-state index contributed by atoms with van der Waals surface area (Å²) in [7, 11) is 3.04. The Bertz CT molecular complexity index is 607. The first-order valence-corrected chi connectivity index (χ1v) is 6.79. The molecule has 1 aliphatic heterocycles. The summed E-state index contributed by atoms with van der Waals surface area (Å²) in [4.78, 5) is 36.7. The highest BCUT2D eigenvalue weighted by molar-refractivity contribution is 6.04. The molecule has 2 heterocycles. The Labute approximate surface area is 122 Å². The zero-order valence-corrected chi connectivity index (χ0v) is 12.3. The average molecular weight is 293 g/mol. The molecule has 1 fully saturated rings. The van der Waals surface area contributed by atoms with Gasteiger partial charge in [-0.15, -0.1) is 0 Å². The molecule has 1 aromatic rings. The molecule has 0 spiro atoms. The van der Waals surface area contributed by atoms with Crippen LogP contribution in [0, 0.1) is 0 Å². The molecule has 8 heteroatoms. The van der Waals surface area contributed by atoms with Crippen molar-refractivity contribution in [1.82, 2.24) is 20.0 Å². The summed E-state index contributed by atoms with van der Waals surface area (Å²) < 4.78 is 1.41. The van der Waals surface area contributed by atoms with Crippen molar-refractivity contribution < 1.29 is 14.4 Å². The van der Waals surface area contributed by atoms with Gasteiger partial charge in [0.2, 0.25) is 5.91 Å². The van der Waals surface area contributed by atoms with Crippen LogP contribution < -0.4 is 11.1 Å². The van der Waals surface area contributed by atoms with Crippen molar-refractivity contribution in [2.75, 3.05) is 12.8 Å². The van der Waals surface area contributed by atoms with Crippen molar-refractivity contribution in [3.63, 3.8) is 0 Å². The van der Waals surface area contributed by atoms with Crippen LogP contribution >= 0.6 is 0 Å². The number of carbonyl (C=O) groups excluding carboxylic acids is 3. The fourth-order valence-electron chi connectivity index (χ4n) is 2.40. The van der Waals surface area contributed by atoms with E-state index >= 15 is 0 Å². The monoisotopic (exact) mass is 293 g/mol. The van der Waals surface area contributed by atoms with Crippen molar-refractivity contribution in [2.45, 2.75) is 32.2 Å². The predicted molar refractivity (Wildman–Crippen MR) is 75.3 cm³/mol. The summed E-state index contributed by atoms with van der Waals surface area (Å²) in [6, 6.07) is -0.709. The van der Waals surface area contributed by atoms with Gasteiger partial charge in [0.1, 0.15) is 11.7 Å². The molecule has 1 aromatic heterocycles. The second-order valence-corrected chi connectivity index (χ2v) is 5.04. The number of piperidine rings is 1. The van der Waals surface area contributed by atoms with Crippen LogP contribution in [-0.4, -0.2) is 45.5 Å². The summed E-state index contributed by atoms with van der Waals surface area (Å²) in [5.41, 5.74) is 7.11. The Morgan fingerprint density at radius 2 is 2.10 bits per heavy atom. The number of likely N-dealkylation sites (N-methyl/N-ethyl adjacent to an activating group) is 1. The van der Waals surface area contributed by atoms with E-state index in [1.54, 1.807) is 7.05 Å². The molecule has 8 nitrogen and oxygen atoms in total. The molecule has 114 valence electrons. The van der Waals surface area contributed by atoms with Gasteiger partial charge in [0.05, 0.1) is 11.4 Å². The van der Waals surface area contributed by atoms with Crippen LogP contribution in [0.4, 0.5) is 5.69 Å². The number of aromatic nitrogens is 2. The number of rotatable bonds is 3. The van der Waals surface area contributed by atoms with Crippen molar-refractivity contribution >= 4 is 23.4 Å². The van der Waals surface area contributed by atoms with Crippen LogP contribution in [0.15, 0.2) is 0 Å². The minimum Gasteiger partial charge on any atom is -0.395 e. The minimum absolute atomic E-state index is 0.230. The van der Waals surface area contributed by atoms with Crippen LogP contribution in [0.3, 0.4) is 0 Å². The normalized spacial score (nSPS) is 19.0. The molecule has 0 bridgehead atoms. The summed E-state index contributed by atoms with van der Waals surface area (Å²) in [5.74, 6) is -1.10. The van der Waals surface area contributed by atoms with Crippen molar-refractivity contribution in [3.8, 4) is 0 Å². The molecule has 3 amide bonds. The van der Waals surface area contributed by atoms with Gasteiger partial charge in [-0.05, 0) is 12.8 Å². The Morgan fingerprint density at radius 3 is 2.67 bits per heavy atom. The van der Waals surface area contributed by atoms with E-state index in [1.807, 2.05) is 6.92 Å². The van der Waals surface area contributed by atoms with Gasteiger partial charge in [-0.25, -0.2) is 0 Å². The zero-order chi connectivity index (χ0) is 15.7. The number of hydrogen-bond acceptors (Lipinski definition) is 5. The van der Waals surface area contributed by atoms with Crippen molar-refractivity contribution in [1.29, 1.82) is 0 Å². The first-order chi connectivity index (χ1) is 9.86. The Balaban J connectivity index is 2.17. The number of nitrogen functional groups attached to an aromatic ring is 1.